The molecule has 0 spiro atoms. The molecule has 0 saturated carbocycles. The molecule has 0 aromatic rings. The Morgan fingerprint density at radius 3 is 2.81 bits per heavy atom. The zero-order chi connectivity index (χ0) is 12.0. The van der Waals surface area contributed by atoms with Crippen LogP contribution in [0.25, 0.3) is 0 Å². The highest BCUT2D eigenvalue weighted by molar-refractivity contribution is 4.84. The number of piperidine rings is 1. The molecule has 1 rings (SSSR count). The van der Waals surface area contributed by atoms with Crippen LogP contribution in [0.15, 0.2) is 12.7 Å². The van der Waals surface area contributed by atoms with Crippen LogP contribution in [0, 0.1) is 5.92 Å². The Balaban J connectivity index is 2.40. The summed E-state index contributed by atoms with van der Waals surface area (Å²) in [5.41, 5.74) is 0. The van der Waals surface area contributed by atoms with Crippen molar-refractivity contribution in [1.29, 1.82) is 0 Å². The van der Waals surface area contributed by atoms with E-state index in [1.807, 2.05) is 6.08 Å². The zero-order valence-corrected chi connectivity index (χ0v) is 11.2. The van der Waals surface area contributed by atoms with Crippen molar-refractivity contribution < 1.29 is 0 Å². The van der Waals surface area contributed by atoms with Crippen molar-refractivity contribution in [2.24, 2.45) is 5.92 Å². The molecule has 1 fully saturated rings. The van der Waals surface area contributed by atoms with Gasteiger partial charge in [0.05, 0.1) is 0 Å². The van der Waals surface area contributed by atoms with Crippen LogP contribution in [-0.4, -0.2) is 36.6 Å². The number of hydrogen-bond acceptors (Lipinski definition) is 2. The summed E-state index contributed by atoms with van der Waals surface area (Å²) in [7, 11) is 0. The third-order valence-corrected chi connectivity index (χ3v) is 3.73. The molecule has 0 aromatic heterocycles. The Hall–Kier alpha value is -0.340. The van der Waals surface area contributed by atoms with Crippen LogP contribution < -0.4 is 5.32 Å². The van der Waals surface area contributed by atoms with Crippen LogP contribution in [0.3, 0.4) is 0 Å². The summed E-state index contributed by atoms with van der Waals surface area (Å²) in [6.45, 7) is 14.1. The van der Waals surface area contributed by atoms with Gasteiger partial charge in [-0.2, -0.15) is 0 Å². The Morgan fingerprint density at radius 1 is 1.50 bits per heavy atom. The van der Waals surface area contributed by atoms with Gasteiger partial charge in [0.1, 0.15) is 0 Å². The van der Waals surface area contributed by atoms with Gasteiger partial charge in [0, 0.05) is 25.2 Å². The van der Waals surface area contributed by atoms with E-state index in [0.717, 1.165) is 12.5 Å². The van der Waals surface area contributed by atoms with Crippen molar-refractivity contribution in [2.45, 2.75) is 52.1 Å². The molecule has 2 atom stereocenters. The van der Waals surface area contributed by atoms with E-state index in [1.165, 1.54) is 32.4 Å². The molecule has 0 aliphatic carbocycles. The summed E-state index contributed by atoms with van der Waals surface area (Å²) in [5.74, 6) is 0.934. The minimum absolute atomic E-state index is 0.613. The highest BCUT2D eigenvalue weighted by atomic mass is 15.2. The minimum atomic E-state index is 0.613. The second-order valence-electron chi connectivity index (χ2n) is 5.29. The number of nitrogens with one attached hydrogen (secondary N) is 1. The number of nitrogens with zero attached hydrogens (tertiary/aromatic N) is 1. The van der Waals surface area contributed by atoms with E-state index in [2.05, 4.69) is 37.6 Å². The number of rotatable bonds is 6. The standard InChI is InChI=1S/C14H28N2/c1-5-9-16(12(3)4)11-14-10-13(6-2)7-8-15-14/h5,12-15H,1,6-11H2,2-4H3. The van der Waals surface area contributed by atoms with E-state index in [9.17, 15) is 0 Å². The molecule has 2 heteroatoms. The summed E-state index contributed by atoms with van der Waals surface area (Å²) in [5, 5.41) is 3.65. The van der Waals surface area contributed by atoms with Crippen molar-refractivity contribution in [3.8, 4) is 0 Å². The van der Waals surface area contributed by atoms with Crippen molar-refractivity contribution in [1.82, 2.24) is 10.2 Å². The molecule has 0 radical (unpaired) electrons. The van der Waals surface area contributed by atoms with Gasteiger partial charge in [-0.25, -0.2) is 0 Å². The molecular weight excluding hydrogens is 196 g/mol. The van der Waals surface area contributed by atoms with Gasteiger partial charge in [-0.05, 0) is 39.2 Å². The summed E-state index contributed by atoms with van der Waals surface area (Å²) in [6.07, 6.45) is 6.05. The van der Waals surface area contributed by atoms with E-state index in [0.29, 0.717) is 12.1 Å². The molecular formula is C14H28N2. The van der Waals surface area contributed by atoms with E-state index in [-0.39, 0.29) is 0 Å². The lowest BCUT2D eigenvalue weighted by Crippen LogP contribution is -2.47. The zero-order valence-electron chi connectivity index (χ0n) is 11.2. The van der Waals surface area contributed by atoms with E-state index >= 15 is 0 Å². The van der Waals surface area contributed by atoms with Crippen LogP contribution in [0.2, 0.25) is 0 Å². The first-order valence-corrected chi connectivity index (χ1v) is 6.75. The van der Waals surface area contributed by atoms with Gasteiger partial charge in [-0.3, -0.25) is 4.90 Å². The lowest BCUT2D eigenvalue weighted by atomic mass is 9.90. The Morgan fingerprint density at radius 2 is 2.25 bits per heavy atom. The lowest BCUT2D eigenvalue weighted by molar-refractivity contribution is 0.183. The van der Waals surface area contributed by atoms with Crippen molar-refractivity contribution in [3.63, 3.8) is 0 Å². The van der Waals surface area contributed by atoms with E-state index in [4.69, 9.17) is 0 Å². The van der Waals surface area contributed by atoms with Gasteiger partial charge in [0.15, 0.2) is 0 Å². The van der Waals surface area contributed by atoms with E-state index < -0.39 is 0 Å². The maximum atomic E-state index is 3.85. The molecule has 1 N–H and O–H groups in total. The third-order valence-electron chi connectivity index (χ3n) is 3.73. The number of hydrogen-bond donors (Lipinski definition) is 1. The predicted octanol–water partition coefficient (Wildman–Crippen LogP) is 2.66. The first-order valence-electron chi connectivity index (χ1n) is 6.75. The third kappa shape index (κ3) is 4.26. The van der Waals surface area contributed by atoms with Gasteiger partial charge < -0.3 is 5.32 Å². The predicted molar refractivity (Wildman–Crippen MR) is 71.7 cm³/mol. The summed E-state index contributed by atoms with van der Waals surface area (Å²) < 4.78 is 0. The maximum absolute atomic E-state index is 3.85. The smallest absolute Gasteiger partial charge is 0.0197 e. The first-order chi connectivity index (χ1) is 7.67. The fraction of sp³-hybridized carbons (Fsp3) is 0.857. The van der Waals surface area contributed by atoms with Crippen LogP contribution in [0.1, 0.15) is 40.0 Å². The second-order valence-corrected chi connectivity index (χ2v) is 5.29. The molecule has 0 aromatic carbocycles. The van der Waals surface area contributed by atoms with Crippen molar-refractivity contribution in [2.75, 3.05) is 19.6 Å². The van der Waals surface area contributed by atoms with Crippen LogP contribution in [0.5, 0.6) is 0 Å². The van der Waals surface area contributed by atoms with Crippen LogP contribution in [-0.2, 0) is 0 Å². The lowest BCUT2D eigenvalue weighted by Gasteiger charge is -2.35. The van der Waals surface area contributed by atoms with Gasteiger partial charge in [0.25, 0.3) is 0 Å². The minimum Gasteiger partial charge on any atom is -0.313 e. The average molecular weight is 224 g/mol. The Bertz CT molecular complexity index is 201. The van der Waals surface area contributed by atoms with Gasteiger partial charge in [0.2, 0.25) is 0 Å². The largest absolute Gasteiger partial charge is 0.313 e. The summed E-state index contributed by atoms with van der Waals surface area (Å²) >= 11 is 0. The molecule has 1 aliphatic heterocycles. The molecule has 1 aliphatic rings. The summed E-state index contributed by atoms with van der Waals surface area (Å²) in [4.78, 5) is 2.50. The normalized spacial score (nSPS) is 26.3. The van der Waals surface area contributed by atoms with Gasteiger partial charge in [-0.15, -0.1) is 6.58 Å². The topological polar surface area (TPSA) is 15.3 Å². The molecule has 1 heterocycles. The molecule has 0 amide bonds. The Kier molecular flexibility index (Phi) is 6.07. The molecule has 0 bridgehead atoms. The molecule has 94 valence electrons. The summed E-state index contributed by atoms with van der Waals surface area (Å²) in [6, 6.07) is 1.29. The fourth-order valence-electron chi connectivity index (χ4n) is 2.55. The monoisotopic (exact) mass is 224 g/mol. The van der Waals surface area contributed by atoms with Crippen molar-refractivity contribution in [3.05, 3.63) is 12.7 Å². The quantitative estimate of drug-likeness (QED) is 0.698. The molecule has 1 saturated heterocycles. The highest BCUT2D eigenvalue weighted by Gasteiger charge is 2.22. The Labute approximate surface area is 101 Å². The van der Waals surface area contributed by atoms with Crippen LogP contribution in [0.4, 0.5) is 0 Å². The maximum Gasteiger partial charge on any atom is 0.0197 e. The molecule has 2 unspecified atom stereocenters. The highest BCUT2D eigenvalue weighted by Crippen LogP contribution is 2.20. The first kappa shape index (κ1) is 13.7. The van der Waals surface area contributed by atoms with Crippen LogP contribution >= 0.6 is 0 Å². The average Bonchev–Trinajstić information content (AvgIpc) is 2.28. The molecule has 2 nitrogen and oxygen atoms in total. The van der Waals surface area contributed by atoms with E-state index in [1.54, 1.807) is 0 Å². The second kappa shape index (κ2) is 7.08. The molecule has 16 heavy (non-hydrogen) atoms. The van der Waals surface area contributed by atoms with Gasteiger partial charge in [-0.1, -0.05) is 19.4 Å². The van der Waals surface area contributed by atoms with Gasteiger partial charge >= 0.3 is 0 Å². The fourth-order valence-corrected chi connectivity index (χ4v) is 2.55. The SMILES string of the molecule is C=CCN(CC1CC(CC)CCN1)C(C)C. The van der Waals surface area contributed by atoms with Crippen molar-refractivity contribution >= 4 is 0 Å².